The first kappa shape index (κ1) is 12.1. The summed E-state index contributed by atoms with van der Waals surface area (Å²) >= 11 is 0. The molecule has 0 saturated carbocycles. The molecule has 94 valence electrons. The van der Waals surface area contributed by atoms with Gasteiger partial charge in [0.05, 0.1) is 18.4 Å². The Kier molecular flexibility index (Phi) is 2.78. The van der Waals surface area contributed by atoms with Crippen molar-refractivity contribution in [2.24, 2.45) is 0 Å². The van der Waals surface area contributed by atoms with E-state index in [-0.39, 0.29) is 11.3 Å². The standard InChI is InChI=1S/C12H11NO5/c1-6(12(16)17)13-9-7(10(14)11(13)15)4-3-5-8(9)18-2/h3-6H,1-2H3,(H,16,17). The molecular weight excluding hydrogens is 238 g/mol. The van der Waals surface area contributed by atoms with E-state index in [1.807, 2.05) is 0 Å². The number of methoxy groups -OCH3 is 1. The largest absolute Gasteiger partial charge is 0.495 e. The van der Waals surface area contributed by atoms with Crippen LogP contribution in [-0.4, -0.2) is 35.9 Å². The predicted octanol–water partition coefficient (Wildman–Crippen LogP) is 0.698. The highest BCUT2D eigenvalue weighted by Crippen LogP contribution is 2.38. The number of fused-ring (bicyclic) bond motifs is 1. The van der Waals surface area contributed by atoms with Crippen LogP contribution in [0.15, 0.2) is 18.2 Å². The summed E-state index contributed by atoms with van der Waals surface area (Å²) in [4.78, 5) is 35.6. The van der Waals surface area contributed by atoms with Gasteiger partial charge in [-0.3, -0.25) is 14.5 Å². The van der Waals surface area contributed by atoms with Crippen LogP contribution in [0.2, 0.25) is 0 Å². The van der Waals surface area contributed by atoms with E-state index in [9.17, 15) is 14.4 Å². The summed E-state index contributed by atoms with van der Waals surface area (Å²) in [6.07, 6.45) is 0. The highest BCUT2D eigenvalue weighted by molar-refractivity contribution is 6.53. The molecule has 0 radical (unpaired) electrons. The van der Waals surface area contributed by atoms with E-state index in [0.29, 0.717) is 5.75 Å². The fraction of sp³-hybridized carbons (Fsp3) is 0.250. The van der Waals surface area contributed by atoms with E-state index in [0.717, 1.165) is 4.90 Å². The zero-order chi connectivity index (χ0) is 13.4. The van der Waals surface area contributed by atoms with Crippen molar-refractivity contribution in [1.82, 2.24) is 0 Å². The Morgan fingerprint density at radius 3 is 2.61 bits per heavy atom. The van der Waals surface area contributed by atoms with Crippen molar-refractivity contribution in [2.45, 2.75) is 13.0 Å². The van der Waals surface area contributed by atoms with E-state index < -0.39 is 23.7 Å². The fourth-order valence-corrected chi connectivity index (χ4v) is 1.92. The normalized spacial score (nSPS) is 15.6. The monoisotopic (exact) mass is 249 g/mol. The maximum atomic E-state index is 11.8. The van der Waals surface area contributed by atoms with Crippen molar-refractivity contribution in [3.63, 3.8) is 0 Å². The van der Waals surface area contributed by atoms with Crippen molar-refractivity contribution in [3.05, 3.63) is 23.8 Å². The third-order valence-corrected chi connectivity index (χ3v) is 2.86. The first-order valence-corrected chi connectivity index (χ1v) is 5.26. The van der Waals surface area contributed by atoms with Gasteiger partial charge < -0.3 is 9.84 Å². The molecule has 2 rings (SSSR count). The van der Waals surface area contributed by atoms with Crippen LogP contribution in [0.5, 0.6) is 5.75 Å². The molecule has 1 heterocycles. The average molecular weight is 249 g/mol. The molecule has 6 heteroatoms. The zero-order valence-corrected chi connectivity index (χ0v) is 9.84. The number of carbonyl (C=O) groups is 3. The van der Waals surface area contributed by atoms with Gasteiger partial charge in [0, 0.05) is 0 Å². The highest BCUT2D eigenvalue weighted by Gasteiger charge is 2.42. The highest BCUT2D eigenvalue weighted by atomic mass is 16.5. The van der Waals surface area contributed by atoms with Crippen molar-refractivity contribution in [1.29, 1.82) is 0 Å². The summed E-state index contributed by atoms with van der Waals surface area (Å²) in [5.41, 5.74) is 0.400. The first-order chi connectivity index (χ1) is 8.49. The number of hydrogen-bond donors (Lipinski definition) is 1. The Morgan fingerprint density at radius 2 is 2.06 bits per heavy atom. The van der Waals surface area contributed by atoms with Crippen LogP contribution in [0.25, 0.3) is 0 Å². The van der Waals surface area contributed by atoms with Gasteiger partial charge in [0.1, 0.15) is 11.8 Å². The van der Waals surface area contributed by atoms with Gasteiger partial charge in [0.2, 0.25) is 0 Å². The third kappa shape index (κ3) is 1.54. The number of Topliss-reactive ketones (excluding diaryl/α,β-unsaturated/α-hetero) is 1. The SMILES string of the molecule is COc1cccc2c1N(C(C)C(=O)O)C(=O)C2=O. The van der Waals surface area contributed by atoms with Crippen LogP contribution in [-0.2, 0) is 9.59 Å². The van der Waals surface area contributed by atoms with Crippen LogP contribution in [0, 0.1) is 0 Å². The molecule has 1 aliphatic rings. The van der Waals surface area contributed by atoms with Gasteiger partial charge in [-0.2, -0.15) is 0 Å². The van der Waals surface area contributed by atoms with Crippen molar-refractivity contribution in [2.75, 3.05) is 12.0 Å². The minimum Gasteiger partial charge on any atom is -0.495 e. The van der Waals surface area contributed by atoms with Crippen molar-refractivity contribution >= 4 is 23.3 Å². The zero-order valence-electron chi connectivity index (χ0n) is 9.84. The van der Waals surface area contributed by atoms with Gasteiger partial charge in [-0.1, -0.05) is 6.07 Å². The molecule has 0 saturated heterocycles. The number of amides is 1. The van der Waals surface area contributed by atoms with E-state index in [2.05, 4.69) is 0 Å². The lowest BCUT2D eigenvalue weighted by molar-refractivity contribution is -0.139. The number of benzene rings is 1. The van der Waals surface area contributed by atoms with Gasteiger partial charge in [-0.05, 0) is 19.1 Å². The van der Waals surface area contributed by atoms with E-state index >= 15 is 0 Å². The average Bonchev–Trinajstić information content (AvgIpc) is 2.61. The summed E-state index contributed by atoms with van der Waals surface area (Å²) in [5.74, 6) is -2.43. The molecule has 1 aromatic carbocycles. The summed E-state index contributed by atoms with van der Waals surface area (Å²) < 4.78 is 5.07. The number of carboxylic acid groups (broad SMARTS) is 1. The van der Waals surface area contributed by atoms with Gasteiger partial charge >= 0.3 is 5.97 Å². The van der Waals surface area contributed by atoms with Crippen LogP contribution >= 0.6 is 0 Å². The lowest BCUT2D eigenvalue weighted by Crippen LogP contribution is -2.42. The molecule has 1 unspecified atom stereocenters. The van der Waals surface area contributed by atoms with Crippen molar-refractivity contribution in [3.8, 4) is 5.75 Å². The molecule has 6 nitrogen and oxygen atoms in total. The van der Waals surface area contributed by atoms with Gasteiger partial charge in [0.25, 0.3) is 11.7 Å². The number of hydrogen-bond acceptors (Lipinski definition) is 4. The number of carbonyl (C=O) groups excluding carboxylic acids is 2. The molecule has 0 fully saturated rings. The molecule has 1 aliphatic heterocycles. The van der Waals surface area contributed by atoms with Crippen LogP contribution in [0.3, 0.4) is 0 Å². The minimum atomic E-state index is -1.19. The topological polar surface area (TPSA) is 83.9 Å². The molecule has 1 aromatic rings. The Balaban J connectivity index is 2.63. The molecule has 1 amide bonds. The molecule has 0 aliphatic carbocycles. The maximum absolute atomic E-state index is 11.8. The second-order valence-corrected chi connectivity index (χ2v) is 3.87. The predicted molar refractivity (Wildman–Crippen MR) is 61.9 cm³/mol. The molecule has 0 aromatic heterocycles. The van der Waals surface area contributed by atoms with Gasteiger partial charge in [-0.25, -0.2) is 4.79 Å². The fourth-order valence-electron chi connectivity index (χ4n) is 1.92. The maximum Gasteiger partial charge on any atom is 0.326 e. The smallest absolute Gasteiger partial charge is 0.326 e. The molecular formula is C12H11NO5. The second kappa shape index (κ2) is 4.14. The number of anilines is 1. The van der Waals surface area contributed by atoms with Crippen LogP contribution in [0.4, 0.5) is 5.69 Å². The second-order valence-electron chi connectivity index (χ2n) is 3.87. The van der Waals surface area contributed by atoms with Crippen molar-refractivity contribution < 1.29 is 24.2 Å². The lowest BCUT2D eigenvalue weighted by atomic mass is 10.1. The number of nitrogens with zero attached hydrogens (tertiary/aromatic N) is 1. The lowest BCUT2D eigenvalue weighted by Gasteiger charge is -2.22. The summed E-state index contributed by atoms with van der Waals surface area (Å²) in [5, 5.41) is 8.99. The van der Waals surface area contributed by atoms with Gasteiger partial charge in [-0.15, -0.1) is 0 Å². The quantitative estimate of drug-likeness (QED) is 0.797. The third-order valence-electron chi connectivity index (χ3n) is 2.86. The number of rotatable bonds is 3. The number of carboxylic acids is 1. The number of para-hydroxylation sites is 1. The molecule has 1 N–H and O–H groups in total. The Bertz CT molecular complexity index is 551. The van der Waals surface area contributed by atoms with Gasteiger partial charge in [0.15, 0.2) is 0 Å². The van der Waals surface area contributed by atoms with E-state index in [1.54, 1.807) is 12.1 Å². The minimum absolute atomic E-state index is 0.174. The summed E-state index contributed by atoms with van der Waals surface area (Å²) in [7, 11) is 1.40. The van der Waals surface area contributed by atoms with E-state index in [4.69, 9.17) is 9.84 Å². The van der Waals surface area contributed by atoms with E-state index in [1.165, 1.54) is 20.1 Å². The van der Waals surface area contributed by atoms with Crippen LogP contribution in [0.1, 0.15) is 17.3 Å². The number of ether oxygens (including phenoxy) is 1. The Hall–Kier alpha value is -2.37. The Labute approximate surface area is 103 Å². The first-order valence-electron chi connectivity index (χ1n) is 5.26. The summed E-state index contributed by atoms with van der Waals surface area (Å²) in [6, 6.07) is 3.51. The molecule has 0 spiro atoms. The Morgan fingerprint density at radius 1 is 1.39 bits per heavy atom. The van der Waals surface area contributed by atoms with Crippen LogP contribution < -0.4 is 9.64 Å². The molecule has 0 bridgehead atoms. The molecule has 1 atom stereocenters. The molecule has 18 heavy (non-hydrogen) atoms. The number of ketones is 1. The summed E-state index contributed by atoms with van der Waals surface area (Å²) in [6.45, 7) is 1.34. The number of aliphatic carboxylic acids is 1.